The van der Waals surface area contributed by atoms with Gasteiger partial charge in [-0.3, -0.25) is 4.79 Å². The molecule has 2 fully saturated rings. The lowest BCUT2D eigenvalue weighted by molar-refractivity contribution is 0.00578. The van der Waals surface area contributed by atoms with E-state index in [1.54, 1.807) is 18.2 Å². The number of nitrogens with zero attached hydrogens (tertiary/aromatic N) is 1. The predicted octanol–water partition coefficient (Wildman–Crippen LogP) is 2.07. The normalized spacial score (nSPS) is 24.8. The molecule has 7 heteroatoms. The summed E-state index contributed by atoms with van der Waals surface area (Å²) in [6.45, 7) is 9.48. The van der Waals surface area contributed by atoms with Gasteiger partial charge in [-0.05, 0) is 59.4 Å². The lowest BCUT2D eigenvalue weighted by Gasteiger charge is -2.32. The molecular formula is C18H26BClN2O3. The molecule has 1 aromatic rings. The van der Waals surface area contributed by atoms with Gasteiger partial charge in [0.25, 0.3) is 5.91 Å². The molecule has 0 saturated carbocycles. The van der Waals surface area contributed by atoms with Crippen molar-refractivity contribution in [2.45, 2.75) is 51.4 Å². The van der Waals surface area contributed by atoms with Crippen LogP contribution in [0, 0.1) is 0 Å². The molecule has 2 aliphatic rings. The summed E-state index contributed by atoms with van der Waals surface area (Å²) in [5, 5.41) is 3.77. The van der Waals surface area contributed by atoms with Crippen molar-refractivity contribution in [1.82, 2.24) is 10.2 Å². The average molecular weight is 365 g/mol. The van der Waals surface area contributed by atoms with Crippen LogP contribution in [0.25, 0.3) is 0 Å². The fourth-order valence-electron chi connectivity index (χ4n) is 3.19. The van der Waals surface area contributed by atoms with Crippen molar-refractivity contribution in [3.05, 3.63) is 28.8 Å². The SMILES string of the molecule is CN[C@@H]1CCN(C(=O)c2ccc(Cl)c(B3OC(C)(C)C(C)(C)O3)c2)C1. The third kappa shape index (κ3) is 3.45. The quantitative estimate of drug-likeness (QED) is 0.834. The number of likely N-dealkylation sites (tertiary alicyclic amines) is 1. The molecular weight excluding hydrogens is 338 g/mol. The van der Waals surface area contributed by atoms with Crippen LogP contribution < -0.4 is 10.8 Å². The van der Waals surface area contributed by atoms with Gasteiger partial charge in [0.2, 0.25) is 0 Å². The number of amides is 1. The van der Waals surface area contributed by atoms with Gasteiger partial charge in [0.05, 0.1) is 11.2 Å². The standard InChI is InChI=1S/C18H26BClN2O3/c1-17(2)18(3,4)25-19(24-17)14-10-12(6-7-15(14)20)16(23)22-9-8-13(11-22)21-5/h6-7,10,13,21H,8-9,11H2,1-5H3/t13-/m1/s1. The molecule has 1 atom stereocenters. The molecule has 1 N–H and O–H groups in total. The summed E-state index contributed by atoms with van der Waals surface area (Å²) < 4.78 is 12.2. The minimum absolute atomic E-state index is 0.0205. The van der Waals surface area contributed by atoms with Crippen LogP contribution in [0.3, 0.4) is 0 Å². The summed E-state index contributed by atoms with van der Waals surface area (Å²) in [4.78, 5) is 14.7. The van der Waals surface area contributed by atoms with Gasteiger partial charge < -0.3 is 19.5 Å². The Bertz CT molecular complexity index is 664. The molecule has 1 amide bonds. The molecule has 0 aromatic heterocycles. The molecule has 0 radical (unpaired) electrons. The first kappa shape index (κ1) is 18.7. The Morgan fingerprint density at radius 3 is 2.48 bits per heavy atom. The molecule has 0 unspecified atom stereocenters. The van der Waals surface area contributed by atoms with Crippen LogP contribution in [-0.4, -0.2) is 55.3 Å². The van der Waals surface area contributed by atoms with Gasteiger partial charge in [-0.15, -0.1) is 0 Å². The summed E-state index contributed by atoms with van der Waals surface area (Å²) >= 11 is 6.38. The number of rotatable bonds is 3. The number of benzene rings is 1. The van der Waals surface area contributed by atoms with Crippen LogP contribution in [0.15, 0.2) is 18.2 Å². The maximum absolute atomic E-state index is 12.8. The van der Waals surface area contributed by atoms with Crippen molar-refractivity contribution in [3.63, 3.8) is 0 Å². The van der Waals surface area contributed by atoms with E-state index in [-0.39, 0.29) is 5.91 Å². The Morgan fingerprint density at radius 2 is 1.92 bits per heavy atom. The Morgan fingerprint density at radius 1 is 1.28 bits per heavy atom. The molecule has 2 saturated heterocycles. The number of nitrogens with one attached hydrogen (secondary N) is 1. The lowest BCUT2D eigenvalue weighted by Crippen LogP contribution is -2.41. The highest BCUT2D eigenvalue weighted by Crippen LogP contribution is 2.37. The molecule has 1 aromatic carbocycles. The summed E-state index contributed by atoms with van der Waals surface area (Å²) in [7, 11) is 1.35. The van der Waals surface area contributed by atoms with Crippen LogP contribution in [0.1, 0.15) is 44.5 Å². The maximum Gasteiger partial charge on any atom is 0.496 e. The van der Waals surface area contributed by atoms with E-state index >= 15 is 0 Å². The van der Waals surface area contributed by atoms with E-state index in [1.165, 1.54) is 0 Å². The molecule has 0 bridgehead atoms. The second kappa shape index (κ2) is 6.58. The molecule has 5 nitrogen and oxygen atoms in total. The molecule has 2 heterocycles. The largest absolute Gasteiger partial charge is 0.496 e. The van der Waals surface area contributed by atoms with Gasteiger partial charge in [-0.2, -0.15) is 0 Å². The second-order valence-corrected chi connectivity index (χ2v) is 8.26. The van der Waals surface area contributed by atoms with E-state index in [2.05, 4.69) is 5.32 Å². The minimum atomic E-state index is -0.575. The summed E-state index contributed by atoms with van der Waals surface area (Å²) in [5.74, 6) is 0.0205. The maximum atomic E-state index is 12.8. The molecule has 2 aliphatic heterocycles. The van der Waals surface area contributed by atoms with Crippen LogP contribution in [-0.2, 0) is 9.31 Å². The van der Waals surface area contributed by atoms with Crippen LogP contribution in [0.4, 0.5) is 0 Å². The van der Waals surface area contributed by atoms with Crippen molar-refractivity contribution in [2.75, 3.05) is 20.1 Å². The number of carbonyl (C=O) groups excluding carboxylic acids is 1. The van der Waals surface area contributed by atoms with E-state index in [0.29, 0.717) is 22.1 Å². The van der Waals surface area contributed by atoms with Crippen LogP contribution >= 0.6 is 11.6 Å². The summed E-state index contributed by atoms with van der Waals surface area (Å²) in [5.41, 5.74) is 0.424. The van der Waals surface area contributed by atoms with Gasteiger partial charge in [0, 0.05) is 35.2 Å². The highest BCUT2D eigenvalue weighted by molar-refractivity contribution is 6.65. The number of hydrogen-bond acceptors (Lipinski definition) is 4. The van der Waals surface area contributed by atoms with Crippen molar-refractivity contribution in [1.29, 1.82) is 0 Å². The minimum Gasteiger partial charge on any atom is -0.399 e. The first-order valence-electron chi connectivity index (χ1n) is 8.76. The zero-order valence-corrected chi connectivity index (χ0v) is 16.3. The number of carbonyl (C=O) groups is 1. The van der Waals surface area contributed by atoms with Crippen molar-refractivity contribution >= 4 is 30.1 Å². The van der Waals surface area contributed by atoms with E-state index in [0.717, 1.165) is 19.5 Å². The van der Waals surface area contributed by atoms with Gasteiger partial charge >= 0.3 is 7.12 Å². The molecule has 136 valence electrons. The number of likely N-dealkylation sites (N-methyl/N-ethyl adjacent to an activating group) is 1. The number of hydrogen-bond donors (Lipinski definition) is 1. The van der Waals surface area contributed by atoms with E-state index in [1.807, 2.05) is 39.6 Å². The molecule has 0 aliphatic carbocycles. The highest BCUT2D eigenvalue weighted by Gasteiger charge is 2.52. The molecule has 0 spiro atoms. The van der Waals surface area contributed by atoms with Crippen molar-refractivity contribution < 1.29 is 14.1 Å². The fourth-order valence-corrected chi connectivity index (χ4v) is 3.40. The third-order valence-electron chi connectivity index (χ3n) is 5.63. The third-order valence-corrected chi connectivity index (χ3v) is 5.98. The fraction of sp³-hybridized carbons (Fsp3) is 0.611. The van der Waals surface area contributed by atoms with Crippen molar-refractivity contribution in [3.8, 4) is 0 Å². The predicted molar refractivity (Wildman–Crippen MR) is 101 cm³/mol. The Balaban J connectivity index is 1.83. The van der Waals surface area contributed by atoms with Gasteiger partial charge in [0.1, 0.15) is 0 Å². The van der Waals surface area contributed by atoms with E-state index < -0.39 is 18.3 Å². The van der Waals surface area contributed by atoms with Gasteiger partial charge in [-0.25, -0.2) is 0 Å². The highest BCUT2D eigenvalue weighted by atomic mass is 35.5. The Labute approximate surface area is 155 Å². The lowest BCUT2D eigenvalue weighted by atomic mass is 9.78. The summed E-state index contributed by atoms with van der Waals surface area (Å²) in [6.07, 6.45) is 0.972. The van der Waals surface area contributed by atoms with Gasteiger partial charge in [-0.1, -0.05) is 11.6 Å². The average Bonchev–Trinajstić information content (AvgIpc) is 3.09. The molecule has 25 heavy (non-hydrogen) atoms. The zero-order valence-electron chi connectivity index (χ0n) is 15.6. The van der Waals surface area contributed by atoms with Crippen LogP contribution in [0.2, 0.25) is 5.02 Å². The Hall–Kier alpha value is -1.08. The van der Waals surface area contributed by atoms with Crippen molar-refractivity contribution in [2.24, 2.45) is 0 Å². The van der Waals surface area contributed by atoms with E-state index in [4.69, 9.17) is 20.9 Å². The second-order valence-electron chi connectivity index (χ2n) is 7.85. The topological polar surface area (TPSA) is 50.8 Å². The summed E-state index contributed by atoms with van der Waals surface area (Å²) in [6, 6.07) is 5.69. The smallest absolute Gasteiger partial charge is 0.399 e. The zero-order chi connectivity index (χ0) is 18.4. The monoisotopic (exact) mass is 364 g/mol. The first-order chi connectivity index (χ1) is 11.6. The molecule has 3 rings (SSSR count). The number of halogens is 1. The first-order valence-corrected chi connectivity index (χ1v) is 9.14. The van der Waals surface area contributed by atoms with Crippen LogP contribution in [0.5, 0.6) is 0 Å². The van der Waals surface area contributed by atoms with Gasteiger partial charge in [0.15, 0.2) is 0 Å². The Kier molecular flexibility index (Phi) is 4.92. The van der Waals surface area contributed by atoms with E-state index in [9.17, 15) is 4.79 Å².